The van der Waals surface area contributed by atoms with Gasteiger partial charge >= 0.3 is 0 Å². The van der Waals surface area contributed by atoms with Gasteiger partial charge in [-0.1, -0.05) is 19.1 Å². The maximum absolute atomic E-state index is 5.55. The van der Waals surface area contributed by atoms with E-state index in [9.17, 15) is 0 Å². The van der Waals surface area contributed by atoms with E-state index in [4.69, 9.17) is 9.47 Å². The van der Waals surface area contributed by atoms with E-state index in [1.165, 1.54) is 0 Å². The Labute approximate surface area is 114 Å². The zero-order valence-electron chi connectivity index (χ0n) is 11.8. The first-order valence-corrected chi connectivity index (χ1v) is 7.20. The number of ether oxygens (including phenoxy) is 2. The predicted molar refractivity (Wildman–Crippen MR) is 71.7 cm³/mol. The molecule has 6 nitrogen and oxygen atoms in total. The van der Waals surface area contributed by atoms with E-state index in [-0.39, 0.29) is 12.3 Å². The number of rotatable bonds is 8. The van der Waals surface area contributed by atoms with Crippen LogP contribution in [0.3, 0.4) is 0 Å². The fourth-order valence-electron chi connectivity index (χ4n) is 2.28. The van der Waals surface area contributed by atoms with E-state index < -0.39 is 0 Å². The van der Waals surface area contributed by atoms with Gasteiger partial charge in [-0.05, 0) is 19.4 Å². The molecule has 0 amide bonds. The fraction of sp³-hybridized carbons (Fsp3) is 0.846. The summed E-state index contributed by atoms with van der Waals surface area (Å²) in [7, 11) is 0. The van der Waals surface area contributed by atoms with E-state index in [2.05, 4.69) is 29.5 Å². The number of nitrogens with zero attached hydrogens (tertiary/aromatic N) is 3. The molecule has 1 aromatic rings. The summed E-state index contributed by atoms with van der Waals surface area (Å²) in [5.41, 5.74) is 1.12. The maximum atomic E-state index is 5.55. The molecule has 1 saturated heterocycles. The Morgan fingerprint density at radius 3 is 2.84 bits per heavy atom. The van der Waals surface area contributed by atoms with Crippen LogP contribution in [0.25, 0.3) is 0 Å². The maximum Gasteiger partial charge on any atom is 0.159 e. The van der Waals surface area contributed by atoms with Crippen molar-refractivity contribution in [1.82, 2.24) is 20.3 Å². The average Bonchev–Trinajstić information content (AvgIpc) is 3.06. The van der Waals surface area contributed by atoms with E-state index in [0.717, 1.165) is 38.0 Å². The van der Waals surface area contributed by atoms with Crippen molar-refractivity contribution in [3.05, 3.63) is 11.9 Å². The van der Waals surface area contributed by atoms with Crippen LogP contribution in [0.15, 0.2) is 6.20 Å². The van der Waals surface area contributed by atoms with Gasteiger partial charge in [0.1, 0.15) is 0 Å². The summed E-state index contributed by atoms with van der Waals surface area (Å²) in [5, 5.41) is 11.7. The van der Waals surface area contributed by atoms with Crippen LogP contribution in [0.1, 0.15) is 44.8 Å². The van der Waals surface area contributed by atoms with Crippen molar-refractivity contribution in [2.24, 2.45) is 0 Å². The summed E-state index contributed by atoms with van der Waals surface area (Å²) in [6.45, 7) is 7.55. The van der Waals surface area contributed by atoms with E-state index in [0.29, 0.717) is 13.2 Å². The molecule has 1 atom stereocenters. The van der Waals surface area contributed by atoms with Crippen molar-refractivity contribution in [2.75, 3.05) is 19.8 Å². The fourth-order valence-corrected chi connectivity index (χ4v) is 2.28. The van der Waals surface area contributed by atoms with Crippen LogP contribution < -0.4 is 5.32 Å². The Morgan fingerprint density at radius 1 is 1.37 bits per heavy atom. The van der Waals surface area contributed by atoms with Crippen LogP contribution >= 0.6 is 0 Å². The van der Waals surface area contributed by atoms with Crippen LogP contribution in [0, 0.1) is 0 Å². The van der Waals surface area contributed by atoms with Gasteiger partial charge < -0.3 is 14.8 Å². The molecule has 0 aliphatic carbocycles. The molecule has 1 aromatic heterocycles. The molecule has 19 heavy (non-hydrogen) atoms. The molecular formula is C13H24N4O2. The highest BCUT2D eigenvalue weighted by Crippen LogP contribution is 2.22. The second-order valence-electron chi connectivity index (χ2n) is 4.80. The van der Waals surface area contributed by atoms with Crippen molar-refractivity contribution in [3.63, 3.8) is 0 Å². The predicted octanol–water partition coefficient (Wildman–Crippen LogP) is 1.49. The first-order valence-electron chi connectivity index (χ1n) is 7.20. The molecule has 2 heterocycles. The van der Waals surface area contributed by atoms with Gasteiger partial charge in [0, 0.05) is 13.0 Å². The highest BCUT2D eigenvalue weighted by Gasteiger charge is 2.24. The molecule has 1 N–H and O–H groups in total. The molecule has 0 spiro atoms. The van der Waals surface area contributed by atoms with E-state index in [1.54, 1.807) is 0 Å². The molecule has 6 heteroatoms. The van der Waals surface area contributed by atoms with Gasteiger partial charge in [0.15, 0.2) is 6.29 Å². The normalized spacial score (nSPS) is 18.0. The number of hydrogen-bond acceptors (Lipinski definition) is 5. The van der Waals surface area contributed by atoms with Gasteiger partial charge in [-0.25, -0.2) is 4.68 Å². The van der Waals surface area contributed by atoms with Gasteiger partial charge in [0.05, 0.1) is 31.1 Å². The van der Waals surface area contributed by atoms with Crippen molar-refractivity contribution in [2.45, 2.75) is 52.0 Å². The van der Waals surface area contributed by atoms with Crippen LogP contribution in [0.5, 0.6) is 0 Å². The SMILES string of the molecule is CCCNC(CC1OCCO1)c1cnnn1CCC. The van der Waals surface area contributed by atoms with Crippen molar-refractivity contribution in [1.29, 1.82) is 0 Å². The Bertz CT molecular complexity index is 363. The number of hydrogen-bond donors (Lipinski definition) is 1. The van der Waals surface area contributed by atoms with Gasteiger partial charge in [-0.2, -0.15) is 0 Å². The molecule has 0 saturated carbocycles. The zero-order chi connectivity index (χ0) is 13.5. The summed E-state index contributed by atoms with van der Waals surface area (Å²) < 4.78 is 13.1. The second-order valence-corrected chi connectivity index (χ2v) is 4.80. The first kappa shape index (κ1) is 14.4. The van der Waals surface area contributed by atoms with Gasteiger partial charge in [-0.15, -0.1) is 5.10 Å². The third-order valence-electron chi connectivity index (χ3n) is 3.20. The molecule has 1 unspecified atom stereocenters. The highest BCUT2D eigenvalue weighted by molar-refractivity contribution is 5.02. The summed E-state index contributed by atoms with van der Waals surface area (Å²) in [5.74, 6) is 0. The average molecular weight is 268 g/mol. The molecule has 0 bridgehead atoms. The molecular weight excluding hydrogens is 244 g/mol. The Morgan fingerprint density at radius 2 is 2.16 bits per heavy atom. The quantitative estimate of drug-likeness (QED) is 0.774. The molecule has 0 radical (unpaired) electrons. The number of nitrogens with one attached hydrogen (secondary N) is 1. The lowest BCUT2D eigenvalue weighted by Gasteiger charge is -2.21. The minimum atomic E-state index is -0.112. The van der Waals surface area contributed by atoms with E-state index in [1.807, 2.05) is 10.9 Å². The van der Waals surface area contributed by atoms with Crippen molar-refractivity contribution < 1.29 is 9.47 Å². The first-order chi connectivity index (χ1) is 9.35. The molecule has 0 aromatic carbocycles. The summed E-state index contributed by atoms with van der Waals surface area (Å²) in [6.07, 6.45) is 4.68. The third kappa shape index (κ3) is 3.99. The standard InChI is InChI=1S/C13H24N4O2/c1-3-5-14-11(9-13-18-7-8-19-13)12-10-15-16-17(12)6-4-2/h10-11,13-14H,3-9H2,1-2H3. The second kappa shape index (κ2) is 7.57. The van der Waals surface area contributed by atoms with Gasteiger partial charge in [0.2, 0.25) is 0 Å². The van der Waals surface area contributed by atoms with Crippen molar-refractivity contribution in [3.8, 4) is 0 Å². The summed E-state index contributed by atoms with van der Waals surface area (Å²) in [6, 6.07) is 0.185. The largest absolute Gasteiger partial charge is 0.350 e. The third-order valence-corrected chi connectivity index (χ3v) is 3.20. The summed E-state index contributed by atoms with van der Waals surface area (Å²) in [4.78, 5) is 0. The van der Waals surface area contributed by atoms with Crippen LogP contribution in [-0.2, 0) is 16.0 Å². The molecule has 1 aliphatic rings. The Balaban J connectivity index is 2.03. The zero-order valence-corrected chi connectivity index (χ0v) is 11.8. The van der Waals surface area contributed by atoms with Crippen LogP contribution in [0.2, 0.25) is 0 Å². The summed E-state index contributed by atoms with van der Waals surface area (Å²) >= 11 is 0. The van der Waals surface area contributed by atoms with Gasteiger partial charge in [-0.3, -0.25) is 0 Å². The van der Waals surface area contributed by atoms with Gasteiger partial charge in [0.25, 0.3) is 0 Å². The minimum absolute atomic E-state index is 0.112. The Kier molecular flexibility index (Phi) is 5.75. The minimum Gasteiger partial charge on any atom is -0.350 e. The lowest BCUT2D eigenvalue weighted by Crippen LogP contribution is -2.28. The topological polar surface area (TPSA) is 61.2 Å². The lowest BCUT2D eigenvalue weighted by molar-refractivity contribution is -0.0534. The van der Waals surface area contributed by atoms with Crippen molar-refractivity contribution >= 4 is 0 Å². The molecule has 1 aliphatic heterocycles. The van der Waals surface area contributed by atoms with Crippen LogP contribution in [-0.4, -0.2) is 41.0 Å². The Hall–Kier alpha value is -0.980. The van der Waals surface area contributed by atoms with Crippen LogP contribution in [0.4, 0.5) is 0 Å². The highest BCUT2D eigenvalue weighted by atomic mass is 16.7. The lowest BCUT2D eigenvalue weighted by atomic mass is 10.1. The molecule has 108 valence electrons. The smallest absolute Gasteiger partial charge is 0.159 e. The monoisotopic (exact) mass is 268 g/mol. The molecule has 2 rings (SSSR count). The number of aromatic nitrogens is 3. The molecule has 1 fully saturated rings. The van der Waals surface area contributed by atoms with E-state index >= 15 is 0 Å². The number of aryl methyl sites for hydroxylation is 1.